The highest BCUT2D eigenvalue weighted by Gasteiger charge is 2.16. The summed E-state index contributed by atoms with van der Waals surface area (Å²) in [5, 5.41) is 18.2. The monoisotopic (exact) mass is 285 g/mol. The number of nitriles is 1. The van der Waals surface area contributed by atoms with Gasteiger partial charge in [-0.05, 0) is 26.0 Å². The number of aromatic nitrogens is 1. The number of hydrogen-bond donors (Lipinski definition) is 1. The molecule has 0 spiro atoms. The lowest BCUT2D eigenvalue weighted by atomic mass is 10.1. The third-order valence-electron chi connectivity index (χ3n) is 3.59. The highest BCUT2D eigenvalue weighted by molar-refractivity contribution is 5.67. The lowest BCUT2D eigenvalue weighted by Gasteiger charge is -2.25. The molecule has 0 fully saturated rings. The molecular weight excluding hydrogens is 266 g/mol. The van der Waals surface area contributed by atoms with Crippen molar-refractivity contribution >= 4 is 11.5 Å². The molecule has 0 radical (unpaired) electrons. The van der Waals surface area contributed by atoms with Crippen molar-refractivity contribution in [3.8, 4) is 6.07 Å². The molecule has 0 aliphatic carbocycles. The topological polar surface area (TPSA) is 68.7 Å². The van der Waals surface area contributed by atoms with E-state index in [1.54, 1.807) is 0 Å². The minimum absolute atomic E-state index is 0.105. The summed E-state index contributed by atoms with van der Waals surface area (Å²) in [4.78, 5) is 12.8. The largest absolute Gasteiger partial charge is 0.481 e. The standard InChI is InChI=1S/C16H19N3O2/c1-12(2)18(8-6-16(20)21)10-13-11-19-7-4-3-5-15(19)14(13)9-17/h3-5,7,11-12H,6,8,10H2,1-2H3,(H,20,21). The summed E-state index contributed by atoms with van der Waals surface area (Å²) in [7, 11) is 0. The molecule has 0 bridgehead atoms. The molecule has 2 aromatic heterocycles. The smallest absolute Gasteiger partial charge is 0.304 e. The number of fused-ring (bicyclic) bond motifs is 1. The summed E-state index contributed by atoms with van der Waals surface area (Å²) < 4.78 is 1.93. The van der Waals surface area contributed by atoms with E-state index in [0.717, 1.165) is 11.1 Å². The van der Waals surface area contributed by atoms with Crippen LogP contribution >= 0.6 is 0 Å². The minimum atomic E-state index is -0.803. The van der Waals surface area contributed by atoms with E-state index >= 15 is 0 Å². The molecule has 0 amide bonds. The zero-order valence-corrected chi connectivity index (χ0v) is 12.3. The van der Waals surface area contributed by atoms with Crippen LogP contribution in [0.15, 0.2) is 30.6 Å². The summed E-state index contributed by atoms with van der Waals surface area (Å²) in [6, 6.07) is 8.23. The van der Waals surface area contributed by atoms with Gasteiger partial charge in [0, 0.05) is 37.1 Å². The van der Waals surface area contributed by atoms with Crippen molar-refractivity contribution in [1.29, 1.82) is 5.26 Å². The first-order valence-electron chi connectivity index (χ1n) is 6.97. The predicted octanol–water partition coefficient (Wildman–Crippen LogP) is 2.50. The maximum atomic E-state index is 10.8. The summed E-state index contributed by atoms with van der Waals surface area (Å²) in [5.74, 6) is -0.803. The van der Waals surface area contributed by atoms with Crippen molar-refractivity contribution in [2.45, 2.75) is 32.9 Å². The molecule has 0 saturated carbocycles. The molecule has 0 aliphatic heterocycles. The first-order valence-corrected chi connectivity index (χ1v) is 6.97. The van der Waals surface area contributed by atoms with Gasteiger partial charge in [0.15, 0.2) is 0 Å². The molecule has 5 heteroatoms. The van der Waals surface area contributed by atoms with Crippen LogP contribution in [-0.4, -0.2) is 33.0 Å². The number of carbonyl (C=O) groups is 1. The summed E-state index contributed by atoms with van der Waals surface area (Å²) in [5.41, 5.74) is 2.48. The molecular formula is C16H19N3O2. The van der Waals surface area contributed by atoms with Gasteiger partial charge in [0.2, 0.25) is 0 Å². The SMILES string of the molecule is CC(C)N(CCC(=O)O)Cc1cn2ccccc2c1C#N. The summed E-state index contributed by atoms with van der Waals surface area (Å²) in [6.45, 7) is 5.12. The molecule has 5 nitrogen and oxygen atoms in total. The molecule has 2 aromatic rings. The summed E-state index contributed by atoms with van der Waals surface area (Å²) in [6.07, 6.45) is 3.97. The Morgan fingerprint density at radius 1 is 1.48 bits per heavy atom. The quantitative estimate of drug-likeness (QED) is 0.885. The zero-order chi connectivity index (χ0) is 15.4. The van der Waals surface area contributed by atoms with E-state index in [-0.39, 0.29) is 12.5 Å². The van der Waals surface area contributed by atoms with Crippen molar-refractivity contribution in [2.24, 2.45) is 0 Å². The number of carboxylic acid groups (broad SMARTS) is 1. The van der Waals surface area contributed by atoms with Gasteiger partial charge in [0.25, 0.3) is 0 Å². The second-order valence-electron chi connectivity index (χ2n) is 5.34. The van der Waals surface area contributed by atoms with Gasteiger partial charge in [-0.15, -0.1) is 0 Å². The molecule has 0 aliphatic rings. The van der Waals surface area contributed by atoms with E-state index in [2.05, 4.69) is 11.0 Å². The van der Waals surface area contributed by atoms with Crippen molar-refractivity contribution in [2.75, 3.05) is 6.54 Å². The maximum absolute atomic E-state index is 10.8. The molecule has 0 aromatic carbocycles. The van der Waals surface area contributed by atoms with Crippen LogP contribution in [0, 0.1) is 11.3 Å². The van der Waals surface area contributed by atoms with E-state index < -0.39 is 5.97 Å². The van der Waals surface area contributed by atoms with E-state index in [1.807, 2.05) is 48.8 Å². The highest BCUT2D eigenvalue weighted by Crippen LogP contribution is 2.20. The summed E-state index contributed by atoms with van der Waals surface area (Å²) >= 11 is 0. The number of carboxylic acids is 1. The van der Waals surface area contributed by atoms with Crippen LogP contribution < -0.4 is 0 Å². The average molecular weight is 285 g/mol. The molecule has 1 N–H and O–H groups in total. The minimum Gasteiger partial charge on any atom is -0.481 e. The first kappa shape index (κ1) is 15.1. The van der Waals surface area contributed by atoms with Gasteiger partial charge >= 0.3 is 5.97 Å². The van der Waals surface area contributed by atoms with E-state index in [1.165, 1.54) is 0 Å². The molecule has 2 heterocycles. The Hall–Kier alpha value is -2.32. The molecule has 2 rings (SSSR count). The number of aliphatic carboxylic acids is 1. The maximum Gasteiger partial charge on any atom is 0.304 e. The first-order chi connectivity index (χ1) is 10.0. The van der Waals surface area contributed by atoms with Gasteiger partial charge in [0.1, 0.15) is 6.07 Å². The fourth-order valence-corrected chi connectivity index (χ4v) is 2.40. The van der Waals surface area contributed by atoms with Gasteiger partial charge in [-0.2, -0.15) is 5.26 Å². The van der Waals surface area contributed by atoms with E-state index in [0.29, 0.717) is 18.7 Å². The van der Waals surface area contributed by atoms with Gasteiger partial charge in [0.05, 0.1) is 17.5 Å². The second-order valence-corrected chi connectivity index (χ2v) is 5.34. The number of nitrogens with zero attached hydrogens (tertiary/aromatic N) is 3. The molecule has 0 saturated heterocycles. The number of hydrogen-bond acceptors (Lipinski definition) is 3. The van der Waals surface area contributed by atoms with Crippen molar-refractivity contribution in [1.82, 2.24) is 9.30 Å². The van der Waals surface area contributed by atoms with Crippen molar-refractivity contribution in [3.63, 3.8) is 0 Å². The van der Waals surface area contributed by atoms with Crippen LogP contribution in [0.1, 0.15) is 31.4 Å². The van der Waals surface area contributed by atoms with Crippen molar-refractivity contribution in [3.05, 3.63) is 41.7 Å². The van der Waals surface area contributed by atoms with Crippen LogP contribution in [0.2, 0.25) is 0 Å². The van der Waals surface area contributed by atoms with Gasteiger partial charge in [-0.3, -0.25) is 9.69 Å². The van der Waals surface area contributed by atoms with Crippen LogP contribution in [0.4, 0.5) is 0 Å². The lowest BCUT2D eigenvalue weighted by molar-refractivity contribution is -0.137. The average Bonchev–Trinajstić information content (AvgIpc) is 2.79. The number of rotatable bonds is 6. The van der Waals surface area contributed by atoms with Gasteiger partial charge in [-0.25, -0.2) is 0 Å². The Morgan fingerprint density at radius 2 is 2.24 bits per heavy atom. The Bertz CT molecular complexity index is 682. The van der Waals surface area contributed by atoms with Gasteiger partial charge < -0.3 is 9.51 Å². The Labute approximate surface area is 124 Å². The Kier molecular flexibility index (Phi) is 4.61. The van der Waals surface area contributed by atoms with Crippen LogP contribution in [0.25, 0.3) is 5.52 Å². The van der Waals surface area contributed by atoms with E-state index in [4.69, 9.17) is 5.11 Å². The van der Waals surface area contributed by atoms with Crippen LogP contribution in [0.3, 0.4) is 0 Å². The van der Waals surface area contributed by atoms with Crippen LogP contribution in [-0.2, 0) is 11.3 Å². The second kappa shape index (κ2) is 6.42. The van der Waals surface area contributed by atoms with Gasteiger partial charge in [-0.1, -0.05) is 6.07 Å². The molecule has 0 unspecified atom stereocenters. The third-order valence-corrected chi connectivity index (χ3v) is 3.59. The zero-order valence-electron chi connectivity index (χ0n) is 12.3. The van der Waals surface area contributed by atoms with E-state index in [9.17, 15) is 10.1 Å². The Morgan fingerprint density at radius 3 is 2.86 bits per heavy atom. The van der Waals surface area contributed by atoms with Crippen molar-refractivity contribution < 1.29 is 9.90 Å². The predicted molar refractivity (Wildman–Crippen MR) is 79.9 cm³/mol. The molecule has 110 valence electrons. The molecule has 21 heavy (non-hydrogen) atoms. The van der Waals surface area contributed by atoms with Crippen LogP contribution in [0.5, 0.6) is 0 Å². The Balaban J connectivity index is 2.28. The molecule has 0 atom stereocenters. The lowest BCUT2D eigenvalue weighted by Crippen LogP contribution is -2.32. The fourth-order valence-electron chi connectivity index (χ4n) is 2.40. The number of pyridine rings is 1. The third kappa shape index (κ3) is 3.41. The normalized spacial score (nSPS) is 11.2. The fraction of sp³-hybridized carbons (Fsp3) is 0.375. The highest BCUT2D eigenvalue weighted by atomic mass is 16.4.